The fourth-order valence-electron chi connectivity index (χ4n) is 1.48. The van der Waals surface area contributed by atoms with Gasteiger partial charge in [0.25, 0.3) is 11.9 Å². The number of carbonyl (C=O) groups is 3. The van der Waals surface area contributed by atoms with Crippen molar-refractivity contribution >= 4 is 17.8 Å². The van der Waals surface area contributed by atoms with E-state index < -0.39 is 11.9 Å². The molecule has 0 saturated heterocycles. The van der Waals surface area contributed by atoms with Gasteiger partial charge in [0.2, 0.25) is 5.91 Å². The van der Waals surface area contributed by atoms with Crippen molar-refractivity contribution in [3.8, 4) is 5.75 Å². The number of amides is 2. The molecule has 0 aliphatic carbocycles. The van der Waals surface area contributed by atoms with E-state index in [9.17, 15) is 14.7 Å². The van der Waals surface area contributed by atoms with Gasteiger partial charge in [0, 0.05) is 13.3 Å². The molecular weight excluding hydrogens is 288 g/mol. The quantitative estimate of drug-likeness (QED) is 0.751. The topological polar surface area (TPSA) is 107 Å². The molecule has 7 heteroatoms. The first-order valence-corrected chi connectivity index (χ1v) is 6.70. The number of benzene rings is 1. The van der Waals surface area contributed by atoms with Crippen molar-refractivity contribution in [2.24, 2.45) is 0 Å². The molecule has 0 saturated carbocycles. The van der Waals surface area contributed by atoms with E-state index in [1.165, 1.54) is 12.1 Å². The van der Waals surface area contributed by atoms with Gasteiger partial charge < -0.3 is 15.1 Å². The molecule has 122 valence electrons. The third-order valence-electron chi connectivity index (χ3n) is 2.41. The van der Waals surface area contributed by atoms with E-state index in [1.54, 1.807) is 12.1 Å². The van der Waals surface area contributed by atoms with Gasteiger partial charge in [-0.15, -0.1) is 0 Å². The standard InChI is InChI=1S/C13H18N2O3.C2H4O2/c1-15(2)9-5-8-12(17)14-13(18)10-6-3-4-7-11(10)16;1-2(3)4/h3-4,6-7,16H,5,8-9H2,1-2H3,(H,14,17,18);1H3,(H,3,4). The number of nitrogens with one attached hydrogen (secondary N) is 1. The number of carbonyl (C=O) groups excluding carboxylic acids is 2. The van der Waals surface area contributed by atoms with Gasteiger partial charge in [-0.1, -0.05) is 12.1 Å². The average Bonchev–Trinajstić information content (AvgIpc) is 2.37. The fraction of sp³-hybridized carbons (Fsp3) is 0.400. The number of carboxylic acid groups (broad SMARTS) is 1. The molecule has 0 heterocycles. The number of nitrogens with zero attached hydrogens (tertiary/aromatic N) is 1. The maximum Gasteiger partial charge on any atom is 0.300 e. The minimum absolute atomic E-state index is 0.110. The lowest BCUT2D eigenvalue weighted by Gasteiger charge is -2.09. The van der Waals surface area contributed by atoms with Gasteiger partial charge in [0.05, 0.1) is 5.56 Å². The lowest BCUT2D eigenvalue weighted by Crippen LogP contribution is -2.30. The summed E-state index contributed by atoms with van der Waals surface area (Å²) >= 11 is 0. The van der Waals surface area contributed by atoms with Crippen molar-refractivity contribution in [1.29, 1.82) is 0 Å². The Bertz CT molecular complexity index is 510. The van der Waals surface area contributed by atoms with Gasteiger partial charge in [-0.3, -0.25) is 19.7 Å². The number of hydrogen-bond acceptors (Lipinski definition) is 5. The van der Waals surface area contributed by atoms with Crippen molar-refractivity contribution in [3.63, 3.8) is 0 Å². The summed E-state index contributed by atoms with van der Waals surface area (Å²) in [5.41, 5.74) is 0.110. The van der Waals surface area contributed by atoms with Crippen LogP contribution in [0.5, 0.6) is 5.75 Å². The van der Waals surface area contributed by atoms with Crippen molar-refractivity contribution < 1.29 is 24.6 Å². The molecule has 0 unspecified atom stereocenters. The molecule has 0 atom stereocenters. The monoisotopic (exact) mass is 310 g/mol. The van der Waals surface area contributed by atoms with Crippen LogP contribution in [0.1, 0.15) is 30.1 Å². The molecule has 0 aliphatic heterocycles. The number of para-hydroxylation sites is 1. The third-order valence-corrected chi connectivity index (χ3v) is 2.41. The van der Waals surface area contributed by atoms with Gasteiger partial charge >= 0.3 is 0 Å². The summed E-state index contributed by atoms with van der Waals surface area (Å²) in [6.07, 6.45) is 0.977. The lowest BCUT2D eigenvalue weighted by atomic mass is 10.2. The van der Waals surface area contributed by atoms with Crippen LogP contribution in [0.2, 0.25) is 0 Å². The second-order valence-corrected chi connectivity index (χ2v) is 4.82. The maximum atomic E-state index is 11.7. The van der Waals surface area contributed by atoms with Crippen LogP contribution >= 0.6 is 0 Å². The Balaban J connectivity index is 0.000000980. The Morgan fingerprint density at radius 2 is 1.73 bits per heavy atom. The van der Waals surface area contributed by atoms with Crippen molar-refractivity contribution in [2.75, 3.05) is 20.6 Å². The van der Waals surface area contributed by atoms with Crippen LogP contribution in [0, 0.1) is 0 Å². The summed E-state index contributed by atoms with van der Waals surface area (Å²) in [4.78, 5) is 34.1. The number of aliphatic carboxylic acids is 1. The van der Waals surface area contributed by atoms with Crippen LogP contribution in [-0.4, -0.2) is 53.5 Å². The normalized spacial score (nSPS) is 9.64. The third kappa shape index (κ3) is 9.49. The molecule has 0 bridgehead atoms. The highest BCUT2D eigenvalue weighted by molar-refractivity contribution is 6.06. The number of phenols is 1. The van der Waals surface area contributed by atoms with E-state index in [0.29, 0.717) is 6.42 Å². The zero-order valence-corrected chi connectivity index (χ0v) is 13.0. The van der Waals surface area contributed by atoms with Gasteiger partial charge in [-0.25, -0.2) is 0 Å². The summed E-state index contributed by atoms with van der Waals surface area (Å²) in [7, 11) is 3.84. The minimum Gasteiger partial charge on any atom is -0.507 e. The first-order valence-electron chi connectivity index (χ1n) is 6.70. The number of hydrogen-bond donors (Lipinski definition) is 3. The second kappa shape index (κ2) is 10.3. The Morgan fingerprint density at radius 3 is 2.23 bits per heavy atom. The van der Waals surface area contributed by atoms with Crippen molar-refractivity contribution in [3.05, 3.63) is 29.8 Å². The average molecular weight is 310 g/mol. The predicted octanol–water partition coefficient (Wildman–Crippen LogP) is 1.08. The smallest absolute Gasteiger partial charge is 0.300 e. The van der Waals surface area contributed by atoms with Crippen LogP contribution in [0.15, 0.2) is 24.3 Å². The Hall–Kier alpha value is -2.41. The van der Waals surface area contributed by atoms with Crippen molar-refractivity contribution in [2.45, 2.75) is 19.8 Å². The summed E-state index contributed by atoms with van der Waals surface area (Å²) in [6.45, 7) is 1.87. The molecule has 1 rings (SSSR count). The highest BCUT2D eigenvalue weighted by Crippen LogP contribution is 2.14. The molecule has 0 aromatic heterocycles. The van der Waals surface area contributed by atoms with Crippen molar-refractivity contribution in [1.82, 2.24) is 10.2 Å². The van der Waals surface area contributed by atoms with E-state index in [4.69, 9.17) is 9.90 Å². The van der Waals surface area contributed by atoms with E-state index >= 15 is 0 Å². The van der Waals surface area contributed by atoms with E-state index in [-0.39, 0.29) is 23.6 Å². The highest BCUT2D eigenvalue weighted by atomic mass is 16.4. The first kappa shape index (κ1) is 19.6. The number of phenolic OH excluding ortho intramolecular Hbond substituents is 1. The summed E-state index contributed by atoms with van der Waals surface area (Å²) in [5.74, 6) is -1.86. The molecule has 1 aromatic carbocycles. The number of rotatable bonds is 5. The molecule has 7 nitrogen and oxygen atoms in total. The number of aromatic hydroxyl groups is 1. The van der Waals surface area contributed by atoms with E-state index in [1.807, 2.05) is 19.0 Å². The summed E-state index contributed by atoms with van der Waals surface area (Å²) < 4.78 is 0. The zero-order valence-electron chi connectivity index (χ0n) is 13.0. The largest absolute Gasteiger partial charge is 0.507 e. The van der Waals surface area contributed by atoms with Crippen LogP contribution < -0.4 is 5.32 Å². The molecule has 22 heavy (non-hydrogen) atoms. The molecule has 0 radical (unpaired) electrons. The maximum absolute atomic E-state index is 11.7. The predicted molar refractivity (Wildman–Crippen MR) is 81.7 cm³/mol. The Labute approximate surface area is 129 Å². The molecule has 0 spiro atoms. The molecule has 2 amide bonds. The fourth-order valence-corrected chi connectivity index (χ4v) is 1.48. The zero-order chi connectivity index (χ0) is 17.1. The summed E-state index contributed by atoms with van der Waals surface area (Å²) in [6, 6.07) is 6.12. The number of imide groups is 1. The van der Waals surface area contributed by atoms with Crippen LogP contribution in [0.3, 0.4) is 0 Å². The van der Waals surface area contributed by atoms with Gasteiger partial charge in [0.1, 0.15) is 5.75 Å². The SMILES string of the molecule is CC(=O)O.CN(C)CCCC(=O)NC(=O)c1ccccc1O. The molecular formula is C15H22N2O5. The van der Waals surface area contributed by atoms with Gasteiger partial charge in [0.15, 0.2) is 0 Å². The lowest BCUT2D eigenvalue weighted by molar-refractivity contribution is -0.134. The second-order valence-electron chi connectivity index (χ2n) is 4.82. The number of carboxylic acids is 1. The van der Waals surface area contributed by atoms with E-state index in [0.717, 1.165) is 13.5 Å². The van der Waals surface area contributed by atoms with Crippen LogP contribution in [-0.2, 0) is 9.59 Å². The van der Waals surface area contributed by atoms with Crippen LogP contribution in [0.25, 0.3) is 0 Å². The minimum atomic E-state index is -0.833. The Kier molecular flexibility index (Phi) is 9.20. The molecule has 3 N–H and O–H groups in total. The first-order chi connectivity index (χ1) is 10.2. The van der Waals surface area contributed by atoms with Gasteiger partial charge in [-0.05, 0) is 39.2 Å². The van der Waals surface area contributed by atoms with E-state index in [2.05, 4.69) is 5.32 Å². The molecule has 0 fully saturated rings. The molecule has 1 aromatic rings. The van der Waals surface area contributed by atoms with Crippen LogP contribution in [0.4, 0.5) is 0 Å². The molecule has 0 aliphatic rings. The van der Waals surface area contributed by atoms with Gasteiger partial charge in [-0.2, -0.15) is 0 Å². The highest BCUT2D eigenvalue weighted by Gasteiger charge is 2.13. The summed E-state index contributed by atoms with van der Waals surface area (Å²) in [5, 5.41) is 19.1. The Morgan fingerprint density at radius 1 is 1.18 bits per heavy atom.